The lowest BCUT2D eigenvalue weighted by molar-refractivity contribution is -0.108. The van der Waals surface area contributed by atoms with Crippen LogP contribution in [0.1, 0.15) is 33.6 Å². The highest BCUT2D eigenvalue weighted by atomic mass is 16.5. The van der Waals surface area contributed by atoms with E-state index in [0.717, 1.165) is 12.7 Å². The molecule has 0 radical (unpaired) electrons. The number of aldehydes is 1. The van der Waals surface area contributed by atoms with Crippen LogP contribution >= 0.6 is 0 Å². The molecular weight excluding hydrogens is 166 g/mol. The van der Waals surface area contributed by atoms with Crippen LogP contribution in [0.25, 0.3) is 0 Å². The molecule has 0 saturated heterocycles. The van der Waals surface area contributed by atoms with Crippen molar-refractivity contribution < 1.29 is 9.53 Å². The second-order valence-corrected chi connectivity index (χ2v) is 4.15. The zero-order valence-electron chi connectivity index (χ0n) is 9.09. The van der Waals surface area contributed by atoms with Gasteiger partial charge in [0.2, 0.25) is 0 Å². The summed E-state index contributed by atoms with van der Waals surface area (Å²) in [7, 11) is 1.89. The largest absolute Gasteiger partial charge is 0.374 e. The summed E-state index contributed by atoms with van der Waals surface area (Å²) in [6.07, 6.45) is 2.39. The van der Waals surface area contributed by atoms with E-state index in [1.54, 1.807) is 0 Å². The van der Waals surface area contributed by atoms with Gasteiger partial charge in [0.1, 0.15) is 6.29 Å². The Morgan fingerprint density at radius 1 is 1.46 bits per heavy atom. The van der Waals surface area contributed by atoms with Crippen molar-refractivity contribution in [2.24, 2.45) is 0 Å². The molecule has 0 aromatic rings. The molecule has 0 spiro atoms. The van der Waals surface area contributed by atoms with Crippen LogP contribution in [0, 0.1) is 0 Å². The van der Waals surface area contributed by atoms with Gasteiger partial charge in [0, 0.05) is 12.5 Å². The average molecular weight is 187 g/mol. The van der Waals surface area contributed by atoms with Crippen LogP contribution in [0.3, 0.4) is 0 Å². The Morgan fingerprint density at radius 2 is 2.08 bits per heavy atom. The molecule has 3 heteroatoms. The van der Waals surface area contributed by atoms with Gasteiger partial charge in [0.15, 0.2) is 0 Å². The Labute approximate surface area is 80.8 Å². The minimum atomic E-state index is -0.101. The van der Waals surface area contributed by atoms with Gasteiger partial charge in [-0.05, 0) is 34.2 Å². The van der Waals surface area contributed by atoms with E-state index in [-0.39, 0.29) is 11.6 Å². The van der Waals surface area contributed by atoms with E-state index < -0.39 is 0 Å². The molecule has 0 amide bonds. The van der Waals surface area contributed by atoms with Crippen LogP contribution in [0.2, 0.25) is 0 Å². The highest BCUT2D eigenvalue weighted by molar-refractivity contribution is 5.49. The second-order valence-electron chi connectivity index (χ2n) is 4.15. The first kappa shape index (κ1) is 12.6. The molecule has 0 aromatic heterocycles. The van der Waals surface area contributed by atoms with Gasteiger partial charge in [-0.1, -0.05) is 0 Å². The molecule has 1 unspecified atom stereocenters. The Bertz CT molecular complexity index is 140. The number of hydrogen-bond donors (Lipinski definition) is 1. The molecule has 0 aliphatic rings. The molecule has 1 N–H and O–H groups in total. The van der Waals surface area contributed by atoms with Gasteiger partial charge in [-0.15, -0.1) is 0 Å². The van der Waals surface area contributed by atoms with Crippen LogP contribution in [-0.2, 0) is 9.53 Å². The maximum atomic E-state index is 10.2. The Morgan fingerprint density at radius 3 is 2.46 bits per heavy atom. The minimum Gasteiger partial charge on any atom is -0.374 e. The van der Waals surface area contributed by atoms with E-state index in [4.69, 9.17) is 4.74 Å². The first-order chi connectivity index (χ1) is 5.99. The van der Waals surface area contributed by atoms with Crippen molar-refractivity contribution in [3.63, 3.8) is 0 Å². The maximum Gasteiger partial charge on any atom is 0.120 e. The second kappa shape index (κ2) is 6.11. The van der Waals surface area contributed by atoms with E-state index in [2.05, 4.69) is 5.32 Å². The molecule has 0 heterocycles. The van der Waals surface area contributed by atoms with Gasteiger partial charge >= 0.3 is 0 Å². The van der Waals surface area contributed by atoms with E-state index in [0.29, 0.717) is 13.0 Å². The molecule has 1 atom stereocenters. The molecule has 0 aliphatic heterocycles. The number of ether oxygens (including phenoxy) is 1. The molecular formula is C10H21NO2. The van der Waals surface area contributed by atoms with Crippen molar-refractivity contribution in [1.82, 2.24) is 5.32 Å². The van der Waals surface area contributed by atoms with Gasteiger partial charge < -0.3 is 14.8 Å². The summed E-state index contributed by atoms with van der Waals surface area (Å²) in [6, 6.07) is 0.282. The quantitative estimate of drug-likeness (QED) is 0.638. The summed E-state index contributed by atoms with van der Waals surface area (Å²) in [5.74, 6) is 0. The lowest BCUT2D eigenvalue weighted by Gasteiger charge is -2.23. The SMILES string of the molecule is CNC(CCC=O)COC(C)(C)C. The van der Waals surface area contributed by atoms with E-state index in [9.17, 15) is 4.79 Å². The van der Waals surface area contributed by atoms with Crippen molar-refractivity contribution in [3.05, 3.63) is 0 Å². The Balaban J connectivity index is 3.65. The zero-order valence-corrected chi connectivity index (χ0v) is 9.09. The predicted octanol–water partition coefficient (Wildman–Crippen LogP) is 1.37. The van der Waals surface area contributed by atoms with E-state index >= 15 is 0 Å². The summed E-state index contributed by atoms with van der Waals surface area (Å²) < 4.78 is 5.60. The monoisotopic (exact) mass is 187 g/mol. The first-order valence-electron chi connectivity index (χ1n) is 4.74. The molecule has 0 saturated carbocycles. The lowest BCUT2D eigenvalue weighted by Crippen LogP contribution is -2.34. The fraction of sp³-hybridized carbons (Fsp3) is 0.900. The molecule has 78 valence electrons. The van der Waals surface area contributed by atoms with Gasteiger partial charge in [0.25, 0.3) is 0 Å². The van der Waals surface area contributed by atoms with Gasteiger partial charge in [-0.3, -0.25) is 0 Å². The van der Waals surface area contributed by atoms with Crippen molar-refractivity contribution in [2.75, 3.05) is 13.7 Å². The Kier molecular flexibility index (Phi) is 5.91. The molecule has 3 nitrogen and oxygen atoms in total. The third-order valence-electron chi connectivity index (χ3n) is 1.76. The maximum absolute atomic E-state index is 10.2. The smallest absolute Gasteiger partial charge is 0.120 e. The van der Waals surface area contributed by atoms with Crippen LogP contribution in [0.15, 0.2) is 0 Å². The minimum absolute atomic E-state index is 0.101. The summed E-state index contributed by atoms with van der Waals surface area (Å²) in [4.78, 5) is 10.2. The summed E-state index contributed by atoms with van der Waals surface area (Å²) in [6.45, 7) is 6.74. The van der Waals surface area contributed by atoms with Crippen molar-refractivity contribution in [3.8, 4) is 0 Å². The molecule has 0 fully saturated rings. The standard InChI is InChI=1S/C10H21NO2/c1-10(2,3)13-8-9(11-4)6-5-7-12/h7,9,11H,5-6,8H2,1-4H3. The fourth-order valence-corrected chi connectivity index (χ4v) is 0.931. The van der Waals surface area contributed by atoms with E-state index in [1.165, 1.54) is 0 Å². The van der Waals surface area contributed by atoms with Crippen LogP contribution in [0.5, 0.6) is 0 Å². The molecule has 0 aromatic carbocycles. The highest BCUT2D eigenvalue weighted by Gasteiger charge is 2.13. The van der Waals surface area contributed by atoms with E-state index in [1.807, 2.05) is 27.8 Å². The summed E-state index contributed by atoms with van der Waals surface area (Å²) in [5, 5.41) is 3.13. The van der Waals surface area contributed by atoms with Crippen molar-refractivity contribution in [2.45, 2.75) is 45.3 Å². The molecule has 0 aliphatic carbocycles. The van der Waals surface area contributed by atoms with Gasteiger partial charge in [-0.2, -0.15) is 0 Å². The number of nitrogens with one attached hydrogen (secondary N) is 1. The summed E-state index contributed by atoms with van der Waals surface area (Å²) >= 11 is 0. The normalized spacial score (nSPS) is 14.2. The third kappa shape index (κ3) is 7.94. The topological polar surface area (TPSA) is 38.3 Å². The van der Waals surface area contributed by atoms with Crippen molar-refractivity contribution >= 4 is 6.29 Å². The number of carbonyl (C=O) groups excluding carboxylic acids is 1. The Hall–Kier alpha value is -0.410. The first-order valence-corrected chi connectivity index (χ1v) is 4.74. The lowest BCUT2D eigenvalue weighted by atomic mass is 10.1. The molecule has 0 bridgehead atoms. The number of carbonyl (C=O) groups is 1. The van der Waals surface area contributed by atoms with Crippen molar-refractivity contribution in [1.29, 1.82) is 0 Å². The van der Waals surface area contributed by atoms with Crippen LogP contribution < -0.4 is 5.32 Å². The fourth-order valence-electron chi connectivity index (χ4n) is 0.931. The highest BCUT2D eigenvalue weighted by Crippen LogP contribution is 2.08. The molecule has 13 heavy (non-hydrogen) atoms. The predicted molar refractivity (Wildman–Crippen MR) is 53.9 cm³/mol. The van der Waals surface area contributed by atoms with Gasteiger partial charge in [0.05, 0.1) is 12.2 Å². The summed E-state index contributed by atoms with van der Waals surface area (Å²) in [5.41, 5.74) is -0.101. The number of hydrogen-bond acceptors (Lipinski definition) is 3. The molecule has 0 rings (SSSR count). The average Bonchev–Trinajstić information content (AvgIpc) is 2.03. The van der Waals surface area contributed by atoms with Gasteiger partial charge in [-0.25, -0.2) is 0 Å². The number of rotatable bonds is 6. The van der Waals surface area contributed by atoms with Crippen LogP contribution in [-0.4, -0.2) is 31.6 Å². The number of likely N-dealkylation sites (N-methyl/N-ethyl adjacent to an activating group) is 1. The third-order valence-corrected chi connectivity index (χ3v) is 1.76. The van der Waals surface area contributed by atoms with Crippen LogP contribution in [0.4, 0.5) is 0 Å². The zero-order chi connectivity index (χ0) is 10.3.